The minimum Gasteiger partial charge on any atom is -0.391 e. The van der Waals surface area contributed by atoms with Gasteiger partial charge in [-0.3, -0.25) is 0 Å². The summed E-state index contributed by atoms with van der Waals surface area (Å²) in [5.41, 5.74) is 9.66. The fourth-order valence-electron chi connectivity index (χ4n) is 1.83. The van der Waals surface area contributed by atoms with Gasteiger partial charge >= 0.3 is 0 Å². The third-order valence-corrected chi connectivity index (χ3v) is 2.84. The molecule has 0 aliphatic rings. The molecule has 0 unspecified atom stereocenters. The number of rotatable bonds is 8. The van der Waals surface area contributed by atoms with Crippen molar-refractivity contribution in [3.05, 3.63) is 46.3 Å². The number of azide groups is 1. The van der Waals surface area contributed by atoms with Crippen molar-refractivity contribution in [3.63, 3.8) is 0 Å². The second-order valence-corrected chi connectivity index (χ2v) is 5.08. The van der Waals surface area contributed by atoms with Crippen LogP contribution in [0.5, 0.6) is 0 Å². The first-order chi connectivity index (χ1) is 9.13. The highest BCUT2D eigenvalue weighted by molar-refractivity contribution is 5.16. The normalized spacial score (nSPS) is 13.9. The average molecular weight is 262 g/mol. The lowest BCUT2D eigenvalue weighted by molar-refractivity contribution is 0.141. The van der Waals surface area contributed by atoms with E-state index < -0.39 is 12.1 Å². The summed E-state index contributed by atoms with van der Waals surface area (Å²) in [5.74, 6) is 0.527. The predicted octanol–water partition coefficient (Wildman–Crippen LogP) is 2.51. The van der Waals surface area contributed by atoms with Gasteiger partial charge in [0.15, 0.2) is 0 Å². The van der Waals surface area contributed by atoms with Gasteiger partial charge in [-0.05, 0) is 30.0 Å². The lowest BCUT2D eigenvalue weighted by Gasteiger charge is -2.19. The van der Waals surface area contributed by atoms with Gasteiger partial charge in [-0.25, -0.2) is 0 Å². The van der Waals surface area contributed by atoms with E-state index >= 15 is 0 Å². The van der Waals surface area contributed by atoms with Gasteiger partial charge in [0.25, 0.3) is 0 Å². The van der Waals surface area contributed by atoms with Gasteiger partial charge in [-0.1, -0.05) is 49.3 Å². The van der Waals surface area contributed by atoms with Gasteiger partial charge in [0.05, 0.1) is 12.1 Å². The van der Waals surface area contributed by atoms with Gasteiger partial charge < -0.3 is 10.4 Å². The van der Waals surface area contributed by atoms with Crippen molar-refractivity contribution in [2.45, 2.75) is 32.4 Å². The maximum Gasteiger partial charge on any atom is 0.0752 e. The highest BCUT2D eigenvalue weighted by atomic mass is 16.3. The fourth-order valence-corrected chi connectivity index (χ4v) is 1.83. The first kappa shape index (κ1) is 15.5. The molecule has 0 bridgehead atoms. The summed E-state index contributed by atoms with van der Waals surface area (Å²) in [5, 5.41) is 17.0. The number of aliphatic hydroxyl groups excluding tert-OH is 1. The van der Waals surface area contributed by atoms with Crippen molar-refractivity contribution in [1.82, 2.24) is 5.32 Å². The van der Waals surface area contributed by atoms with E-state index in [-0.39, 0.29) is 0 Å². The molecule has 0 heterocycles. The van der Waals surface area contributed by atoms with Crippen LogP contribution in [-0.4, -0.2) is 30.3 Å². The van der Waals surface area contributed by atoms with Crippen LogP contribution in [0.1, 0.15) is 19.4 Å². The molecule has 0 aromatic heterocycles. The highest BCUT2D eigenvalue weighted by Gasteiger charge is 2.18. The molecule has 5 nitrogen and oxygen atoms in total. The molecule has 1 rings (SSSR count). The summed E-state index contributed by atoms with van der Waals surface area (Å²) in [4.78, 5) is 2.83. The van der Waals surface area contributed by atoms with Crippen molar-refractivity contribution in [2.24, 2.45) is 11.0 Å². The van der Waals surface area contributed by atoms with Crippen LogP contribution in [0.2, 0.25) is 0 Å². The summed E-state index contributed by atoms with van der Waals surface area (Å²) in [6.45, 7) is 5.49. The van der Waals surface area contributed by atoms with Crippen LogP contribution in [0.25, 0.3) is 10.4 Å². The summed E-state index contributed by atoms with van der Waals surface area (Å²) in [6.07, 6.45) is -0.120. The van der Waals surface area contributed by atoms with Crippen LogP contribution in [0.15, 0.2) is 35.4 Å². The van der Waals surface area contributed by atoms with Crippen LogP contribution in [0.4, 0.5) is 0 Å². The third kappa shape index (κ3) is 6.25. The van der Waals surface area contributed by atoms with Crippen LogP contribution < -0.4 is 5.32 Å². The molecule has 0 saturated heterocycles. The number of nitrogens with zero attached hydrogens (tertiary/aromatic N) is 3. The summed E-state index contributed by atoms with van der Waals surface area (Å²) in [6, 6.07) is 9.30. The minimum absolute atomic E-state index is 0.438. The van der Waals surface area contributed by atoms with Gasteiger partial charge in [-0.15, -0.1) is 0 Å². The quantitative estimate of drug-likeness (QED) is 0.429. The summed E-state index contributed by atoms with van der Waals surface area (Å²) in [7, 11) is 0. The van der Waals surface area contributed by atoms with E-state index in [2.05, 4.69) is 29.2 Å². The number of aliphatic hydroxyl groups is 1. The SMILES string of the molecule is CC(C)CNC[C@H](O)[C@@H](Cc1ccccc1)N=[N+]=[N-]. The standard InChI is InChI=1S/C14H22N4O/c1-11(2)9-16-10-14(19)13(17-18-15)8-12-6-4-3-5-7-12/h3-7,11,13-14,16,19H,8-10H2,1-2H3/t13-,14+/m1/s1. The van der Waals surface area contributed by atoms with Gasteiger partial charge in [0.1, 0.15) is 0 Å². The van der Waals surface area contributed by atoms with Crippen LogP contribution in [0, 0.1) is 5.92 Å². The zero-order chi connectivity index (χ0) is 14.1. The Morgan fingerprint density at radius 1 is 1.26 bits per heavy atom. The van der Waals surface area contributed by atoms with Crippen molar-refractivity contribution >= 4 is 0 Å². The maximum atomic E-state index is 10.1. The Kier molecular flexibility index (Phi) is 6.97. The largest absolute Gasteiger partial charge is 0.391 e. The van der Waals surface area contributed by atoms with E-state index in [0.29, 0.717) is 18.9 Å². The lowest BCUT2D eigenvalue weighted by Crippen LogP contribution is -2.37. The molecule has 0 fully saturated rings. The first-order valence-corrected chi connectivity index (χ1v) is 6.60. The smallest absolute Gasteiger partial charge is 0.0752 e. The zero-order valence-corrected chi connectivity index (χ0v) is 11.5. The molecule has 2 atom stereocenters. The molecular weight excluding hydrogens is 240 g/mol. The Morgan fingerprint density at radius 2 is 1.95 bits per heavy atom. The van der Waals surface area contributed by atoms with Gasteiger partial charge in [-0.2, -0.15) is 0 Å². The molecule has 0 amide bonds. The molecule has 0 radical (unpaired) electrons. The van der Waals surface area contributed by atoms with Crippen LogP contribution >= 0.6 is 0 Å². The molecular formula is C14H22N4O. The second kappa shape index (κ2) is 8.53. The Hall–Kier alpha value is -1.55. The zero-order valence-electron chi connectivity index (χ0n) is 11.5. The first-order valence-electron chi connectivity index (χ1n) is 6.60. The topological polar surface area (TPSA) is 81.0 Å². The third-order valence-electron chi connectivity index (χ3n) is 2.84. The van der Waals surface area contributed by atoms with E-state index in [9.17, 15) is 5.11 Å². The van der Waals surface area contributed by atoms with Crippen LogP contribution in [-0.2, 0) is 6.42 Å². The summed E-state index contributed by atoms with van der Waals surface area (Å²) >= 11 is 0. The molecule has 0 aliphatic carbocycles. The lowest BCUT2D eigenvalue weighted by atomic mass is 10.0. The molecule has 104 valence electrons. The Balaban J connectivity index is 2.54. The van der Waals surface area contributed by atoms with Crippen molar-refractivity contribution < 1.29 is 5.11 Å². The van der Waals surface area contributed by atoms with E-state index in [1.165, 1.54) is 0 Å². The van der Waals surface area contributed by atoms with Gasteiger partial charge in [0, 0.05) is 11.5 Å². The van der Waals surface area contributed by atoms with E-state index in [0.717, 1.165) is 12.1 Å². The molecule has 0 aliphatic heterocycles. The van der Waals surface area contributed by atoms with Crippen molar-refractivity contribution in [2.75, 3.05) is 13.1 Å². The molecule has 0 spiro atoms. The van der Waals surface area contributed by atoms with Gasteiger partial charge in [0.2, 0.25) is 0 Å². The fraction of sp³-hybridized carbons (Fsp3) is 0.571. The number of benzene rings is 1. The monoisotopic (exact) mass is 262 g/mol. The molecule has 0 saturated carbocycles. The summed E-state index contributed by atoms with van der Waals surface area (Å²) < 4.78 is 0. The number of nitrogens with one attached hydrogen (secondary N) is 1. The Morgan fingerprint density at radius 3 is 2.53 bits per heavy atom. The molecule has 2 N–H and O–H groups in total. The Bertz CT molecular complexity index is 401. The van der Waals surface area contributed by atoms with E-state index in [4.69, 9.17) is 5.53 Å². The van der Waals surface area contributed by atoms with Crippen molar-refractivity contribution in [3.8, 4) is 0 Å². The minimum atomic E-state index is -0.671. The molecule has 5 heteroatoms. The number of hydrogen-bond donors (Lipinski definition) is 2. The number of hydrogen-bond acceptors (Lipinski definition) is 3. The predicted molar refractivity (Wildman–Crippen MR) is 76.8 cm³/mol. The van der Waals surface area contributed by atoms with Crippen LogP contribution in [0.3, 0.4) is 0 Å². The Labute approximate surface area is 114 Å². The molecule has 1 aromatic carbocycles. The molecule has 19 heavy (non-hydrogen) atoms. The van der Waals surface area contributed by atoms with Crippen molar-refractivity contribution in [1.29, 1.82) is 0 Å². The second-order valence-electron chi connectivity index (χ2n) is 5.08. The highest BCUT2D eigenvalue weighted by Crippen LogP contribution is 2.09. The average Bonchev–Trinajstić information content (AvgIpc) is 2.39. The van der Waals surface area contributed by atoms with E-state index in [1.54, 1.807) is 0 Å². The maximum absolute atomic E-state index is 10.1. The van der Waals surface area contributed by atoms with E-state index in [1.807, 2.05) is 30.3 Å². The molecule has 1 aromatic rings.